The summed E-state index contributed by atoms with van der Waals surface area (Å²) in [7, 11) is 13.0. The van der Waals surface area contributed by atoms with Gasteiger partial charge in [-0.2, -0.15) is 25.3 Å². The maximum atomic E-state index is 12.1. The fourth-order valence-corrected chi connectivity index (χ4v) is 6.75. The summed E-state index contributed by atoms with van der Waals surface area (Å²) in [6, 6.07) is 29.8. The van der Waals surface area contributed by atoms with Crippen molar-refractivity contribution in [3.63, 3.8) is 0 Å². The van der Waals surface area contributed by atoms with Gasteiger partial charge in [0.15, 0.2) is 0 Å². The van der Waals surface area contributed by atoms with Crippen LogP contribution in [0.25, 0.3) is 34.3 Å². The first-order valence-electron chi connectivity index (χ1n) is 20.8. The monoisotopic (exact) mass is 1140 g/mol. The van der Waals surface area contributed by atoms with E-state index in [9.17, 15) is 13.2 Å². The third kappa shape index (κ3) is 11.6. The summed E-state index contributed by atoms with van der Waals surface area (Å²) >= 11 is 0. The first kappa shape index (κ1) is 53.4. The first-order valence-corrected chi connectivity index (χ1v) is 20.8. The van der Waals surface area contributed by atoms with E-state index in [-0.39, 0.29) is 31.6 Å². The van der Waals surface area contributed by atoms with Crippen molar-refractivity contribution < 1.29 is 80.3 Å². The Morgan fingerprint density at radius 2 is 0.986 bits per heavy atom. The summed E-state index contributed by atoms with van der Waals surface area (Å²) < 4.78 is 87.4. The van der Waals surface area contributed by atoms with Crippen LogP contribution in [0.1, 0.15) is 28.6 Å². The molecule has 0 aliphatic rings. The molecule has 0 N–H and O–H groups in total. The summed E-state index contributed by atoms with van der Waals surface area (Å²) in [6.07, 6.45) is 3.61. The van der Waals surface area contributed by atoms with Gasteiger partial charge in [0.1, 0.15) is 40.2 Å². The molecule has 0 bridgehead atoms. The molecule has 8 rings (SSSR count). The van der Waals surface area contributed by atoms with E-state index in [0.717, 1.165) is 57.0 Å². The average molecular weight is 1140 g/mol. The number of imidazole rings is 2. The van der Waals surface area contributed by atoms with Crippen LogP contribution in [0.3, 0.4) is 0 Å². The predicted molar refractivity (Wildman–Crippen MR) is 245 cm³/mol. The van der Waals surface area contributed by atoms with Crippen molar-refractivity contribution in [2.45, 2.75) is 33.9 Å². The molecular formula is C50H50F3IrN8O8-3. The zero-order chi connectivity index (χ0) is 50.0. The van der Waals surface area contributed by atoms with Gasteiger partial charge < -0.3 is 57.1 Å². The molecule has 0 fully saturated rings. The number of ether oxygens (including phenoxy) is 8. The Bertz CT molecular complexity index is 2700. The molecule has 0 saturated heterocycles. The fourth-order valence-electron chi connectivity index (χ4n) is 6.75. The minimum absolute atomic E-state index is 0. The van der Waals surface area contributed by atoms with Gasteiger partial charge in [-0.15, -0.1) is 12.1 Å². The van der Waals surface area contributed by atoms with E-state index in [1.165, 1.54) is 12.3 Å². The maximum Gasteiger partial charge on any atom is 0.429 e. The molecule has 16 nitrogen and oxygen atoms in total. The van der Waals surface area contributed by atoms with Crippen LogP contribution in [0.4, 0.5) is 13.2 Å². The summed E-state index contributed by atoms with van der Waals surface area (Å²) in [5.74, 6) is 4.15. The normalized spacial score (nSPS) is 10.7. The number of rotatable bonds is 13. The molecule has 0 aliphatic carbocycles. The van der Waals surface area contributed by atoms with Crippen LogP contribution in [0.2, 0.25) is 0 Å². The Morgan fingerprint density at radius 3 is 1.34 bits per heavy atom. The van der Waals surface area contributed by atoms with Crippen molar-refractivity contribution in [1.82, 2.24) is 29.3 Å². The Balaban J connectivity index is 0.000000202. The molecule has 4 aromatic carbocycles. The molecule has 4 aromatic heterocycles. The summed E-state index contributed by atoms with van der Waals surface area (Å²) in [4.78, 5) is 7.05. The van der Waals surface area contributed by atoms with Gasteiger partial charge in [0.05, 0.1) is 74.0 Å². The number of aromatic nitrogens is 8. The molecule has 70 heavy (non-hydrogen) atoms. The van der Waals surface area contributed by atoms with Crippen molar-refractivity contribution >= 4 is 0 Å². The average Bonchev–Trinajstić information content (AvgIpc) is 4.09. The summed E-state index contributed by atoms with van der Waals surface area (Å²) in [5.41, 5.74) is 7.56. The van der Waals surface area contributed by atoms with E-state index in [1.54, 1.807) is 81.1 Å². The number of hydrogen-bond acceptors (Lipinski definition) is 11. The van der Waals surface area contributed by atoms with Crippen molar-refractivity contribution in [3.8, 4) is 80.3 Å². The van der Waals surface area contributed by atoms with Gasteiger partial charge in [-0.25, -0.2) is 0 Å². The zero-order valence-corrected chi connectivity index (χ0v) is 42.8. The number of alkyl halides is 3. The van der Waals surface area contributed by atoms with Gasteiger partial charge in [-0.3, -0.25) is 19.2 Å². The summed E-state index contributed by atoms with van der Waals surface area (Å²) in [6.45, 7) is 8.11. The molecule has 0 spiro atoms. The second-order valence-electron chi connectivity index (χ2n) is 14.5. The van der Waals surface area contributed by atoms with Gasteiger partial charge in [0, 0.05) is 72.8 Å². The molecule has 371 valence electrons. The Kier molecular flexibility index (Phi) is 18.0. The van der Waals surface area contributed by atoms with Crippen molar-refractivity contribution in [1.29, 1.82) is 0 Å². The van der Waals surface area contributed by atoms with E-state index >= 15 is 0 Å². The summed E-state index contributed by atoms with van der Waals surface area (Å²) in [5, 5.41) is 6.25. The number of pyridine rings is 1. The predicted octanol–water partition coefficient (Wildman–Crippen LogP) is 7.52. The molecule has 0 unspecified atom stereocenters. The van der Waals surface area contributed by atoms with Crippen LogP contribution in [-0.4, -0.2) is 81.1 Å². The fraction of sp³-hybridized carbons (Fsp3) is 0.260. The quantitative estimate of drug-likeness (QED) is 0.0832. The SMILES string of the molecule is COc1c[c-]c(-n2[c-][n+](-c3ccc(OC)cc3OC)c(C)c2C)c(OC)c1.COc1c[c-]c(-n2[c-][n+](-c3ccc(OC)cc3OC)c(C)c2C)c(OC)c1.FC(F)(F)c1n[n-]c(-c2ccccn2)n1.[Ir]. The zero-order valence-electron chi connectivity index (χ0n) is 40.4. The van der Waals surface area contributed by atoms with E-state index < -0.39 is 12.0 Å². The molecule has 0 amide bonds. The largest absolute Gasteiger partial charge is 0.558 e. The van der Waals surface area contributed by atoms with E-state index in [0.29, 0.717) is 34.5 Å². The molecule has 20 heteroatoms. The van der Waals surface area contributed by atoms with E-state index in [2.05, 4.69) is 45.0 Å². The molecule has 0 aliphatic heterocycles. The Hall–Kier alpha value is -7.57. The minimum atomic E-state index is -4.57. The van der Waals surface area contributed by atoms with Crippen LogP contribution in [-0.2, 0) is 26.3 Å². The van der Waals surface area contributed by atoms with E-state index in [1.807, 2.05) is 94.5 Å². The number of methoxy groups -OCH3 is 8. The van der Waals surface area contributed by atoms with E-state index in [4.69, 9.17) is 37.9 Å². The molecule has 0 atom stereocenters. The third-order valence-corrected chi connectivity index (χ3v) is 10.7. The van der Waals surface area contributed by atoms with Gasteiger partial charge in [0.25, 0.3) is 12.7 Å². The number of benzene rings is 4. The first-order chi connectivity index (χ1) is 33.1. The van der Waals surface area contributed by atoms with Crippen molar-refractivity contribution in [2.24, 2.45) is 0 Å². The maximum absolute atomic E-state index is 12.1. The third-order valence-electron chi connectivity index (χ3n) is 10.7. The van der Waals surface area contributed by atoms with Crippen molar-refractivity contribution in [2.75, 3.05) is 56.9 Å². The van der Waals surface area contributed by atoms with Crippen molar-refractivity contribution in [3.05, 3.63) is 138 Å². The Morgan fingerprint density at radius 1 is 0.557 bits per heavy atom. The van der Waals surface area contributed by atoms with Gasteiger partial charge >= 0.3 is 6.18 Å². The number of hydrogen-bond donors (Lipinski definition) is 0. The smallest absolute Gasteiger partial charge is 0.429 e. The van der Waals surface area contributed by atoms with Crippen LogP contribution >= 0.6 is 0 Å². The van der Waals surface area contributed by atoms with Gasteiger partial charge in [-0.1, -0.05) is 18.2 Å². The topological polar surface area (TPSA) is 144 Å². The number of halogens is 3. The van der Waals surface area contributed by atoms with Crippen LogP contribution in [0, 0.1) is 52.5 Å². The second-order valence-corrected chi connectivity index (χ2v) is 14.5. The molecule has 1 radical (unpaired) electrons. The van der Waals surface area contributed by atoms with Crippen LogP contribution < -0.4 is 52.1 Å². The minimum Gasteiger partial charge on any atom is -0.558 e. The molecule has 8 aromatic rings. The molecular weight excluding hydrogens is 1090 g/mol. The Labute approximate surface area is 417 Å². The van der Waals surface area contributed by atoms with Gasteiger partial charge in [-0.05, 0) is 81.3 Å². The standard InChI is InChI=1S/2C21H23N2O4.C8H4F3N4.Ir/c2*1-14-15(2)23(19-10-8-17(25-4)12-21(19)27-6)13-22(14)18-9-7-16(24-3)11-20(18)26-5;9-8(10,11)7-13-6(14-15-7)5-3-1-2-4-12-5;/h2*7-9,11-12H,1-6H3;1-4H;/q3*-1;. The molecule has 4 heterocycles. The molecule has 0 saturated carbocycles. The van der Waals surface area contributed by atoms with Gasteiger partial charge in [0.2, 0.25) is 0 Å². The second kappa shape index (κ2) is 23.6. The number of nitrogens with zero attached hydrogens (tertiary/aromatic N) is 8. The van der Waals surface area contributed by atoms with Crippen LogP contribution in [0.5, 0.6) is 46.0 Å². The van der Waals surface area contributed by atoms with Crippen LogP contribution in [0.15, 0.2) is 85.1 Å².